The van der Waals surface area contributed by atoms with Crippen LogP contribution < -0.4 is 14.8 Å². The molecule has 0 saturated heterocycles. The highest BCUT2D eigenvalue weighted by Crippen LogP contribution is 2.30. The predicted octanol–water partition coefficient (Wildman–Crippen LogP) is 5.75. The number of rotatable bonds is 7. The molecule has 0 fully saturated rings. The summed E-state index contributed by atoms with van der Waals surface area (Å²) < 4.78 is 9.39. The van der Waals surface area contributed by atoms with Crippen LogP contribution in [0.3, 0.4) is 0 Å². The molecule has 3 aromatic heterocycles. The molecule has 3 aromatic carbocycles. The van der Waals surface area contributed by atoms with E-state index in [0.29, 0.717) is 26.9 Å². The molecule has 0 aliphatic carbocycles. The van der Waals surface area contributed by atoms with Crippen LogP contribution in [-0.2, 0) is 0 Å². The van der Waals surface area contributed by atoms with Crippen LogP contribution >= 0.6 is 22.9 Å². The van der Waals surface area contributed by atoms with Gasteiger partial charge in [0.2, 0.25) is 4.96 Å². The topological polar surface area (TPSA) is 74.3 Å². The van der Waals surface area contributed by atoms with Gasteiger partial charge in [-0.15, -0.1) is 5.10 Å². The molecule has 0 spiro atoms. The third-order valence-corrected chi connectivity index (χ3v) is 7.37. The molecule has 0 unspecified atom stereocenters. The summed E-state index contributed by atoms with van der Waals surface area (Å²) in [6.45, 7) is 6.15. The van der Waals surface area contributed by atoms with Crippen LogP contribution in [0, 0.1) is 6.92 Å². The Morgan fingerprint density at radius 2 is 1.85 bits per heavy atom. The van der Waals surface area contributed by atoms with Crippen LogP contribution in [0.15, 0.2) is 96.4 Å². The van der Waals surface area contributed by atoms with Gasteiger partial charge in [0.05, 0.1) is 10.2 Å². The van der Waals surface area contributed by atoms with Crippen LogP contribution in [0.5, 0.6) is 5.75 Å². The van der Waals surface area contributed by atoms with Gasteiger partial charge in [0, 0.05) is 27.9 Å². The lowest BCUT2D eigenvalue weighted by Crippen LogP contribution is -2.23. The summed E-state index contributed by atoms with van der Waals surface area (Å²) in [5.74, 6) is 1.24. The number of aryl methyl sites for hydroxylation is 1. The molecule has 0 saturated carbocycles. The van der Waals surface area contributed by atoms with Gasteiger partial charge in [-0.25, -0.2) is 4.68 Å². The number of hydrogen-bond acceptors (Lipinski definition) is 6. The molecule has 0 bridgehead atoms. The number of hydrogen-bond donors (Lipinski definition) is 0. The van der Waals surface area contributed by atoms with Crippen LogP contribution in [-0.4, -0.2) is 31.0 Å². The van der Waals surface area contributed by atoms with Crippen LogP contribution in [0.1, 0.15) is 11.1 Å². The Morgan fingerprint density at radius 3 is 2.56 bits per heavy atom. The maximum Gasteiger partial charge on any atom is 0.291 e. The largest absolute Gasteiger partial charge is 0.490 e. The summed E-state index contributed by atoms with van der Waals surface area (Å²) in [5, 5.41) is 10.00. The Morgan fingerprint density at radius 1 is 1.05 bits per heavy atom. The maximum atomic E-state index is 13.3. The lowest BCUT2D eigenvalue weighted by atomic mass is 10.0. The fourth-order valence-electron chi connectivity index (χ4n) is 4.26. The van der Waals surface area contributed by atoms with E-state index in [1.54, 1.807) is 18.2 Å². The van der Waals surface area contributed by atoms with Crippen LogP contribution in [0.25, 0.3) is 39.4 Å². The van der Waals surface area contributed by atoms with Gasteiger partial charge in [0.15, 0.2) is 5.82 Å². The van der Waals surface area contributed by atoms with E-state index in [0.717, 1.165) is 39.4 Å². The third-order valence-electron chi connectivity index (χ3n) is 6.15. The Kier molecular flexibility index (Phi) is 6.56. The first-order valence-electron chi connectivity index (χ1n) is 12.2. The Balaban J connectivity index is 1.46. The smallest absolute Gasteiger partial charge is 0.291 e. The number of ether oxygens (including phenoxy) is 1. The number of benzene rings is 3. The first kappa shape index (κ1) is 24.8. The van der Waals surface area contributed by atoms with E-state index in [2.05, 4.69) is 16.7 Å². The van der Waals surface area contributed by atoms with E-state index < -0.39 is 0 Å². The molecule has 39 heavy (non-hydrogen) atoms. The predicted molar refractivity (Wildman–Crippen MR) is 156 cm³/mol. The molecule has 192 valence electrons. The van der Waals surface area contributed by atoms with Gasteiger partial charge in [-0.3, -0.25) is 4.79 Å². The minimum atomic E-state index is -0.231. The SMILES string of the molecule is C=CCOc1ccc(-c2nn(-c3ccccc3)cc2C=c2sc3nc(-c4ccc(Cl)cc4)nn3c2=O)c(C)c1. The van der Waals surface area contributed by atoms with E-state index in [1.165, 1.54) is 15.9 Å². The van der Waals surface area contributed by atoms with Gasteiger partial charge in [-0.2, -0.15) is 14.6 Å². The molecule has 3 heterocycles. The summed E-state index contributed by atoms with van der Waals surface area (Å²) in [7, 11) is 0. The number of para-hydroxylation sites is 1. The molecule has 0 amide bonds. The fraction of sp³-hybridized carbons (Fsp3) is 0.0667. The van der Waals surface area contributed by atoms with E-state index in [9.17, 15) is 4.79 Å². The zero-order valence-corrected chi connectivity index (χ0v) is 22.5. The van der Waals surface area contributed by atoms with E-state index in [4.69, 9.17) is 21.4 Å². The van der Waals surface area contributed by atoms with Crippen LogP contribution in [0.4, 0.5) is 0 Å². The summed E-state index contributed by atoms with van der Waals surface area (Å²) in [6.07, 6.45) is 5.50. The van der Waals surface area contributed by atoms with Crippen molar-refractivity contribution in [1.29, 1.82) is 0 Å². The van der Waals surface area contributed by atoms with Gasteiger partial charge in [0.25, 0.3) is 5.56 Å². The molecule has 0 aliphatic heterocycles. The minimum absolute atomic E-state index is 0.231. The molecule has 0 radical (unpaired) electrons. The average Bonchev–Trinajstić information content (AvgIpc) is 3.64. The first-order valence-corrected chi connectivity index (χ1v) is 13.4. The molecular weight excluding hydrogens is 530 g/mol. The van der Waals surface area contributed by atoms with Gasteiger partial charge >= 0.3 is 0 Å². The van der Waals surface area contributed by atoms with Crippen molar-refractivity contribution in [1.82, 2.24) is 24.4 Å². The van der Waals surface area contributed by atoms with Crippen molar-refractivity contribution in [3.8, 4) is 34.1 Å². The first-order chi connectivity index (χ1) is 19.0. The maximum absolute atomic E-state index is 13.3. The monoisotopic (exact) mass is 551 g/mol. The second kappa shape index (κ2) is 10.3. The number of thiazole rings is 1. The van der Waals surface area contributed by atoms with Gasteiger partial charge in [0.1, 0.15) is 18.1 Å². The molecule has 6 aromatic rings. The van der Waals surface area contributed by atoms with Crippen molar-refractivity contribution in [2.24, 2.45) is 0 Å². The van der Waals surface area contributed by atoms with E-state index in [1.807, 2.05) is 84.5 Å². The number of aromatic nitrogens is 5. The highest BCUT2D eigenvalue weighted by Gasteiger charge is 2.16. The van der Waals surface area contributed by atoms with E-state index >= 15 is 0 Å². The van der Waals surface area contributed by atoms with Gasteiger partial charge < -0.3 is 4.74 Å². The van der Waals surface area contributed by atoms with Crippen LogP contribution in [0.2, 0.25) is 5.02 Å². The van der Waals surface area contributed by atoms with Crippen molar-refractivity contribution in [2.75, 3.05) is 6.61 Å². The Labute approximate surface area is 232 Å². The summed E-state index contributed by atoms with van der Waals surface area (Å²) in [6, 6.07) is 23.0. The highest BCUT2D eigenvalue weighted by molar-refractivity contribution is 7.15. The number of fused-ring (bicyclic) bond motifs is 1. The van der Waals surface area contributed by atoms with Crippen molar-refractivity contribution in [3.05, 3.63) is 123 Å². The molecule has 0 N–H and O–H groups in total. The summed E-state index contributed by atoms with van der Waals surface area (Å²) >= 11 is 7.29. The van der Waals surface area contributed by atoms with Crippen molar-refractivity contribution in [2.45, 2.75) is 6.92 Å². The highest BCUT2D eigenvalue weighted by atomic mass is 35.5. The van der Waals surface area contributed by atoms with Gasteiger partial charge in [-0.1, -0.05) is 53.8 Å². The number of nitrogens with zero attached hydrogens (tertiary/aromatic N) is 5. The summed E-state index contributed by atoms with van der Waals surface area (Å²) in [5.41, 5.74) is 4.99. The molecule has 7 nitrogen and oxygen atoms in total. The standard InChI is InChI=1S/C30H22ClN5O2S/c1-3-15-38-24-13-14-25(19(2)16-24)27-21(18-35(33-27)23-7-5-4-6-8-23)17-26-29(37)36-30(39-26)32-28(34-36)20-9-11-22(31)12-10-20/h3-14,16-18H,1,15H2,2H3. The zero-order valence-electron chi connectivity index (χ0n) is 20.9. The molecule has 6 rings (SSSR count). The minimum Gasteiger partial charge on any atom is -0.490 e. The van der Waals surface area contributed by atoms with Crippen molar-refractivity contribution >= 4 is 34.0 Å². The average molecular weight is 552 g/mol. The Hall–Kier alpha value is -4.53. The van der Waals surface area contributed by atoms with E-state index in [-0.39, 0.29) is 5.56 Å². The molecule has 0 atom stereocenters. The molecule has 0 aliphatic rings. The lowest BCUT2D eigenvalue weighted by molar-refractivity contribution is 0.363. The quantitative estimate of drug-likeness (QED) is 0.236. The molecular formula is C30H22ClN5O2S. The third kappa shape index (κ3) is 4.87. The summed E-state index contributed by atoms with van der Waals surface area (Å²) in [4.78, 5) is 18.4. The van der Waals surface area contributed by atoms with Gasteiger partial charge in [-0.05, 0) is 73.2 Å². The normalized spacial score (nSPS) is 11.8. The second-order valence-electron chi connectivity index (χ2n) is 8.84. The molecule has 9 heteroatoms. The number of halogens is 1. The fourth-order valence-corrected chi connectivity index (χ4v) is 5.28. The Bertz CT molecular complexity index is 1920. The zero-order chi connectivity index (χ0) is 26.9. The lowest BCUT2D eigenvalue weighted by Gasteiger charge is -2.08. The second-order valence-corrected chi connectivity index (χ2v) is 10.3. The van der Waals surface area contributed by atoms with Crippen molar-refractivity contribution < 1.29 is 4.74 Å². The van der Waals surface area contributed by atoms with Crippen molar-refractivity contribution in [3.63, 3.8) is 0 Å².